The monoisotopic (exact) mass is 250 g/mol. The molecule has 0 saturated carbocycles. The van der Waals surface area contributed by atoms with Crippen LogP contribution < -0.4 is 5.69 Å². The number of nitrogens with zero attached hydrogens (tertiary/aromatic N) is 2. The zero-order valence-electron chi connectivity index (χ0n) is 8.52. The van der Waals surface area contributed by atoms with Crippen molar-refractivity contribution in [3.63, 3.8) is 0 Å². The van der Waals surface area contributed by atoms with Gasteiger partial charge in [-0.3, -0.25) is 4.57 Å². The largest absolute Gasteiger partial charge is 0.394 e. The number of aliphatic hydroxyl groups excluding tert-OH is 1. The summed E-state index contributed by atoms with van der Waals surface area (Å²) in [5, 5.41) is 8.79. The van der Waals surface area contributed by atoms with Gasteiger partial charge in [-0.15, -0.1) is 0 Å². The van der Waals surface area contributed by atoms with E-state index in [9.17, 15) is 18.0 Å². The summed E-state index contributed by atoms with van der Waals surface area (Å²) in [6.45, 7) is -0.414. The molecule has 17 heavy (non-hydrogen) atoms. The Bertz CT molecular complexity index is 479. The van der Waals surface area contributed by atoms with E-state index < -0.39 is 42.6 Å². The molecule has 1 aromatic heterocycles. The Morgan fingerprint density at radius 3 is 2.88 bits per heavy atom. The molecular formula is C9H9F3N2O3. The number of alkyl halides is 1. The average Bonchev–Trinajstić information content (AvgIpc) is 2.65. The van der Waals surface area contributed by atoms with Gasteiger partial charge in [0.05, 0.1) is 18.9 Å². The summed E-state index contributed by atoms with van der Waals surface area (Å²) in [6, 6.07) is 0. The highest BCUT2D eigenvalue weighted by molar-refractivity contribution is 4.93. The van der Waals surface area contributed by atoms with Gasteiger partial charge in [0.15, 0.2) is 12.0 Å². The van der Waals surface area contributed by atoms with Crippen molar-refractivity contribution in [1.29, 1.82) is 0 Å². The van der Waals surface area contributed by atoms with E-state index in [1.54, 1.807) is 0 Å². The van der Waals surface area contributed by atoms with Crippen LogP contribution in [-0.2, 0) is 4.74 Å². The van der Waals surface area contributed by atoms with Crippen LogP contribution in [0.3, 0.4) is 0 Å². The van der Waals surface area contributed by atoms with Crippen molar-refractivity contribution in [2.75, 3.05) is 6.61 Å². The summed E-state index contributed by atoms with van der Waals surface area (Å²) in [5.41, 5.74) is -1.14. The van der Waals surface area contributed by atoms with Crippen molar-refractivity contribution in [3.05, 3.63) is 28.4 Å². The van der Waals surface area contributed by atoms with Gasteiger partial charge >= 0.3 is 5.69 Å². The van der Waals surface area contributed by atoms with E-state index >= 15 is 0 Å². The summed E-state index contributed by atoms with van der Waals surface area (Å²) < 4.78 is 44.5. The van der Waals surface area contributed by atoms with Crippen LogP contribution in [-0.4, -0.2) is 33.5 Å². The third-order valence-electron chi connectivity index (χ3n) is 2.47. The fraction of sp³-hybridized carbons (Fsp3) is 0.556. The molecule has 1 N–H and O–H groups in total. The van der Waals surface area contributed by atoms with Crippen LogP contribution in [0.4, 0.5) is 13.2 Å². The third-order valence-corrected chi connectivity index (χ3v) is 2.47. The molecule has 8 heteroatoms. The molecule has 5 nitrogen and oxygen atoms in total. The highest BCUT2D eigenvalue weighted by Gasteiger charge is 2.37. The summed E-state index contributed by atoms with van der Waals surface area (Å²) in [6.07, 6.45) is -3.36. The molecule has 0 spiro atoms. The molecule has 2 heterocycles. The van der Waals surface area contributed by atoms with Gasteiger partial charge in [0.25, 0.3) is 5.95 Å². The quantitative estimate of drug-likeness (QED) is 0.758. The van der Waals surface area contributed by atoms with Crippen molar-refractivity contribution in [2.45, 2.75) is 24.9 Å². The highest BCUT2D eigenvalue weighted by Crippen LogP contribution is 2.30. The van der Waals surface area contributed by atoms with Gasteiger partial charge in [-0.25, -0.2) is 13.6 Å². The van der Waals surface area contributed by atoms with E-state index in [2.05, 4.69) is 4.98 Å². The number of aliphatic hydroxyl groups is 1. The summed E-state index contributed by atoms with van der Waals surface area (Å²) in [7, 11) is 0. The average molecular weight is 250 g/mol. The molecule has 0 amide bonds. The Morgan fingerprint density at radius 2 is 2.29 bits per heavy atom. The lowest BCUT2D eigenvalue weighted by Gasteiger charge is -2.15. The van der Waals surface area contributed by atoms with Gasteiger partial charge in [0.1, 0.15) is 6.17 Å². The molecule has 1 saturated heterocycles. The van der Waals surface area contributed by atoms with Crippen molar-refractivity contribution in [1.82, 2.24) is 9.55 Å². The minimum absolute atomic E-state index is 0.118. The zero-order chi connectivity index (χ0) is 12.6. The van der Waals surface area contributed by atoms with E-state index in [4.69, 9.17) is 9.84 Å². The Morgan fingerprint density at radius 1 is 1.59 bits per heavy atom. The molecule has 1 fully saturated rings. The molecule has 94 valence electrons. The van der Waals surface area contributed by atoms with Crippen molar-refractivity contribution < 1.29 is 23.0 Å². The zero-order valence-corrected chi connectivity index (χ0v) is 8.52. The predicted molar refractivity (Wildman–Crippen MR) is 48.9 cm³/mol. The topological polar surface area (TPSA) is 64.4 Å². The van der Waals surface area contributed by atoms with E-state index in [1.165, 1.54) is 0 Å². The second kappa shape index (κ2) is 4.46. The second-order valence-electron chi connectivity index (χ2n) is 3.65. The Labute approximate surface area is 93.5 Å². The normalized spacial score (nSPS) is 28.6. The van der Waals surface area contributed by atoms with Crippen LogP contribution in [0.25, 0.3) is 0 Å². The fourth-order valence-corrected chi connectivity index (χ4v) is 1.67. The van der Waals surface area contributed by atoms with Gasteiger partial charge in [-0.2, -0.15) is 9.37 Å². The van der Waals surface area contributed by atoms with Gasteiger partial charge in [0, 0.05) is 6.42 Å². The first-order valence-corrected chi connectivity index (χ1v) is 4.87. The maximum absolute atomic E-state index is 13.5. The minimum atomic E-state index is -1.59. The lowest BCUT2D eigenvalue weighted by atomic mass is 10.2. The molecule has 0 bridgehead atoms. The number of rotatable bonds is 2. The fourth-order valence-electron chi connectivity index (χ4n) is 1.67. The Balaban J connectivity index is 2.35. The van der Waals surface area contributed by atoms with Crippen LogP contribution in [0.2, 0.25) is 0 Å². The van der Waals surface area contributed by atoms with Crippen LogP contribution in [0.1, 0.15) is 12.6 Å². The number of ether oxygens (including phenoxy) is 1. The molecule has 1 aromatic rings. The van der Waals surface area contributed by atoms with Crippen LogP contribution in [0, 0.1) is 11.8 Å². The third kappa shape index (κ3) is 2.18. The second-order valence-corrected chi connectivity index (χ2v) is 3.65. The maximum Gasteiger partial charge on any atom is 0.352 e. The smallest absolute Gasteiger partial charge is 0.352 e. The van der Waals surface area contributed by atoms with E-state index in [-0.39, 0.29) is 6.42 Å². The predicted octanol–water partition coefficient (Wildman–Crippen LogP) is 0.139. The number of hydrogen-bond donors (Lipinski definition) is 1. The lowest BCUT2D eigenvalue weighted by Crippen LogP contribution is -2.31. The van der Waals surface area contributed by atoms with Crippen LogP contribution >= 0.6 is 0 Å². The summed E-state index contributed by atoms with van der Waals surface area (Å²) >= 11 is 0. The molecule has 0 aliphatic carbocycles. The summed E-state index contributed by atoms with van der Waals surface area (Å²) in [4.78, 5) is 14.0. The molecule has 0 unspecified atom stereocenters. The number of halogens is 3. The molecule has 3 atom stereocenters. The van der Waals surface area contributed by atoms with Gasteiger partial charge in [-0.1, -0.05) is 0 Å². The standard InChI is InChI=1S/C9H9F3N2O3/c10-5-1-4(3-15)17-8(5)14-2-6(11)7(12)13-9(14)16/h2,4-5,8,15H,1,3H2/t4-,5+,8+/m0/s1. The molecule has 0 aromatic carbocycles. The maximum atomic E-state index is 13.5. The minimum Gasteiger partial charge on any atom is -0.394 e. The first kappa shape index (κ1) is 12.1. The SMILES string of the molecule is O=c1nc(F)c(F)cn1[C@@H]1O[C@H](CO)C[C@H]1F. The van der Waals surface area contributed by atoms with E-state index in [1.807, 2.05) is 0 Å². The highest BCUT2D eigenvalue weighted by atomic mass is 19.2. The number of aromatic nitrogens is 2. The van der Waals surface area contributed by atoms with Gasteiger partial charge in [-0.05, 0) is 0 Å². The van der Waals surface area contributed by atoms with Gasteiger partial charge < -0.3 is 9.84 Å². The van der Waals surface area contributed by atoms with Crippen molar-refractivity contribution in [3.8, 4) is 0 Å². The lowest BCUT2D eigenvalue weighted by molar-refractivity contribution is -0.0401. The molecular weight excluding hydrogens is 241 g/mol. The Hall–Kier alpha value is -1.41. The van der Waals surface area contributed by atoms with Gasteiger partial charge in [0.2, 0.25) is 0 Å². The van der Waals surface area contributed by atoms with Crippen molar-refractivity contribution >= 4 is 0 Å². The van der Waals surface area contributed by atoms with Crippen molar-refractivity contribution in [2.24, 2.45) is 0 Å². The molecule has 2 rings (SSSR count). The molecule has 1 aliphatic rings. The first-order chi connectivity index (χ1) is 8.02. The Kier molecular flexibility index (Phi) is 3.16. The van der Waals surface area contributed by atoms with Crippen LogP contribution in [0.5, 0.6) is 0 Å². The summed E-state index contributed by atoms with van der Waals surface area (Å²) in [5.74, 6) is -2.91. The van der Waals surface area contributed by atoms with Crippen LogP contribution in [0.15, 0.2) is 11.0 Å². The molecule has 0 radical (unpaired) electrons. The van der Waals surface area contributed by atoms with E-state index in [0.29, 0.717) is 10.8 Å². The first-order valence-electron chi connectivity index (χ1n) is 4.87. The molecule has 1 aliphatic heterocycles. The van der Waals surface area contributed by atoms with E-state index in [0.717, 1.165) is 0 Å². The number of hydrogen-bond acceptors (Lipinski definition) is 4.